The maximum atomic E-state index is 8.66. The van der Waals surface area contributed by atoms with Crippen molar-refractivity contribution in [2.75, 3.05) is 0 Å². The summed E-state index contributed by atoms with van der Waals surface area (Å²) in [5, 5.41) is 23.2. The topological polar surface area (TPSA) is 115 Å². The Morgan fingerprint density at radius 3 is 3.06 bits per heavy atom. The second kappa shape index (κ2) is 4.78. The molecule has 0 saturated heterocycles. The number of pyridine rings is 1. The molecule has 0 atom stereocenters. The van der Waals surface area contributed by atoms with Crippen LogP contribution in [0.3, 0.4) is 0 Å². The molecule has 8 nitrogen and oxygen atoms in total. The summed E-state index contributed by atoms with van der Waals surface area (Å²) in [4.78, 5) is 4.75. The molecule has 3 N–H and O–H groups in total. The summed E-state index contributed by atoms with van der Waals surface area (Å²) in [5.41, 5.74) is 5.92. The number of amidine groups is 1. The Balaban J connectivity index is 2.36. The molecule has 0 aromatic carbocycles. The molecule has 0 aliphatic rings. The zero-order valence-electron chi connectivity index (χ0n) is 8.85. The van der Waals surface area contributed by atoms with Crippen LogP contribution in [0, 0.1) is 0 Å². The van der Waals surface area contributed by atoms with E-state index >= 15 is 0 Å². The number of rotatable bonds is 3. The molecule has 0 aliphatic heterocycles. The van der Waals surface area contributed by atoms with E-state index in [1.165, 1.54) is 16.4 Å². The Kier molecular flexibility index (Phi) is 3.19. The summed E-state index contributed by atoms with van der Waals surface area (Å²) in [6.07, 6.45) is 1.56. The van der Waals surface area contributed by atoms with E-state index in [1.807, 2.05) is 0 Å². The van der Waals surface area contributed by atoms with Crippen LogP contribution in [0.4, 0.5) is 0 Å². The monoisotopic (exact) mass is 251 g/mol. The number of aryl methyl sites for hydroxylation is 1. The number of hydrogen-bond acceptors (Lipinski definition) is 7. The fraction of sp³-hybridized carbons (Fsp3) is 0.125. The van der Waals surface area contributed by atoms with Gasteiger partial charge in [0.1, 0.15) is 5.69 Å². The second-order valence-corrected chi connectivity index (χ2v) is 4.03. The molecule has 9 heteroatoms. The fourth-order valence-electron chi connectivity index (χ4n) is 1.12. The normalized spacial score (nSPS) is 11.7. The third-order valence-electron chi connectivity index (χ3n) is 1.90. The second-order valence-electron chi connectivity index (χ2n) is 3.02. The van der Waals surface area contributed by atoms with Crippen LogP contribution < -0.4 is 5.73 Å². The van der Waals surface area contributed by atoms with E-state index in [4.69, 9.17) is 10.9 Å². The molecule has 0 unspecified atom stereocenters. The van der Waals surface area contributed by atoms with Crippen molar-refractivity contribution >= 4 is 17.6 Å². The van der Waals surface area contributed by atoms with Gasteiger partial charge < -0.3 is 10.9 Å². The number of nitrogens with two attached hydrogens (primary N) is 1. The minimum absolute atomic E-state index is 0.0526. The van der Waals surface area contributed by atoms with Gasteiger partial charge in [0, 0.05) is 18.1 Å². The van der Waals surface area contributed by atoms with Gasteiger partial charge in [0.05, 0.1) is 0 Å². The standard InChI is InChI=1S/C8H9N7OS/c1-15-8(11-13-14-15)17-5-3-2-4-10-6(5)7(9)12-16/h2-4,16H,1H3,(H2,9,12). The lowest BCUT2D eigenvalue weighted by Gasteiger charge is -2.04. The van der Waals surface area contributed by atoms with Crippen LogP contribution in [0.5, 0.6) is 0 Å². The molecule has 2 rings (SSSR count). The highest BCUT2D eigenvalue weighted by atomic mass is 32.2. The van der Waals surface area contributed by atoms with Crippen molar-refractivity contribution in [3.05, 3.63) is 24.0 Å². The minimum atomic E-state index is -0.0526. The van der Waals surface area contributed by atoms with Gasteiger partial charge in [0.2, 0.25) is 5.16 Å². The van der Waals surface area contributed by atoms with Crippen LogP contribution in [0.2, 0.25) is 0 Å². The lowest BCUT2D eigenvalue weighted by atomic mass is 10.3. The number of tetrazole rings is 1. The molecule has 2 aromatic heterocycles. The summed E-state index contributed by atoms with van der Waals surface area (Å²) in [7, 11) is 1.72. The molecule has 0 radical (unpaired) electrons. The zero-order valence-corrected chi connectivity index (χ0v) is 9.66. The number of oxime groups is 1. The molecule has 2 aromatic rings. The van der Waals surface area contributed by atoms with E-state index in [0.717, 1.165) is 0 Å². The Morgan fingerprint density at radius 1 is 1.59 bits per heavy atom. The van der Waals surface area contributed by atoms with Crippen molar-refractivity contribution in [2.24, 2.45) is 17.9 Å². The third kappa shape index (κ3) is 2.33. The Hall–Kier alpha value is -2.16. The first-order valence-corrected chi connectivity index (χ1v) is 5.37. The van der Waals surface area contributed by atoms with Gasteiger partial charge in [-0.25, -0.2) is 4.68 Å². The van der Waals surface area contributed by atoms with Gasteiger partial charge in [0.25, 0.3) is 0 Å². The molecule has 0 fully saturated rings. The van der Waals surface area contributed by atoms with E-state index in [2.05, 4.69) is 25.7 Å². The van der Waals surface area contributed by atoms with Gasteiger partial charge >= 0.3 is 0 Å². The van der Waals surface area contributed by atoms with Gasteiger partial charge in [-0.3, -0.25) is 4.98 Å². The molecule has 0 bridgehead atoms. The highest BCUT2D eigenvalue weighted by molar-refractivity contribution is 7.99. The summed E-state index contributed by atoms with van der Waals surface area (Å²) >= 11 is 1.28. The van der Waals surface area contributed by atoms with E-state index < -0.39 is 0 Å². The molecule has 0 aliphatic carbocycles. The van der Waals surface area contributed by atoms with Crippen LogP contribution in [-0.4, -0.2) is 36.2 Å². The molecule has 0 spiro atoms. The summed E-state index contributed by atoms with van der Waals surface area (Å²) in [6.45, 7) is 0. The fourth-order valence-corrected chi connectivity index (χ4v) is 1.96. The molecule has 0 amide bonds. The van der Waals surface area contributed by atoms with Gasteiger partial charge in [-0.2, -0.15) is 0 Å². The number of hydrogen-bond donors (Lipinski definition) is 2. The van der Waals surface area contributed by atoms with Crippen molar-refractivity contribution in [3.8, 4) is 0 Å². The maximum Gasteiger partial charge on any atom is 0.213 e. The maximum absolute atomic E-state index is 8.66. The Bertz CT molecular complexity index is 552. The molecule has 0 saturated carbocycles. The van der Waals surface area contributed by atoms with Crippen molar-refractivity contribution in [1.82, 2.24) is 25.2 Å². The number of aromatic nitrogens is 5. The van der Waals surface area contributed by atoms with Crippen molar-refractivity contribution in [1.29, 1.82) is 0 Å². The predicted octanol–water partition coefficient (Wildman–Crippen LogP) is -0.149. The van der Waals surface area contributed by atoms with Crippen LogP contribution in [-0.2, 0) is 7.05 Å². The van der Waals surface area contributed by atoms with E-state index in [1.54, 1.807) is 25.4 Å². The summed E-state index contributed by atoms with van der Waals surface area (Å²) in [5.74, 6) is -0.0526. The molecule has 88 valence electrons. The number of nitrogens with zero attached hydrogens (tertiary/aromatic N) is 6. The Labute approximate surface area is 101 Å². The average molecular weight is 251 g/mol. The zero-order chi connectivity index (χ0) is 12.3. The summed E-state index contributed by atoms with van der Waals surface area (Å²) < 4.78 is 1.52. The van der Waals surface area contributed by atoms with Gasteiger partial charge in [-0.1, -0.05) is 5.16 Å². The third-order valence-corrected chi connectivity index (χ3v) is 2.98. The van der Waals surface area contributed by atoms with Crippen molar-refractivity contribution in [2.45, 2.75) is 10.1 Å². The Morgan fingerprint density at radius 2 is 2.41 bits per heavy atom. The quantitative estimate of drug-likeness (QED) is 0.337. The van der Waals surface area contributed by atoms with Crippen LogP contribution in [0.25, 0.3) is 0 Å². The highest BCUT2D eigenvalue weighted by Gasteiger charge is 2.12. The van der Waals surface area contributed by atoms with Gasteiger partial charge in [0.15, 0.2) is 5.84 Å². The first kappa shape index (κ1) is 11.3. The predicted molar refractivity (Wildman–Crippen MR) is 59.7 cm³/mol. The highest BCUT2D eigenvalue weighted by Crippen LogP contribution is 2.26. The van der Waals surface area contributed by atoms with E-state index in [0.29, 0.717) is 15.7 Å². The van der Waals surface area contributed by atoms with Crippen molar-refractivity contribution in [3.63, 3.8) is 0 Å². The van der Waals surface area contributed by atoms with E-state index in [-0.39, 0.29) is 5.84 Å². The van der Waals surface area contributed by atoms with Crippen LogP contribution in [0.1, 0.15) is 5.69 Å². The van der Waals surface area contributed by atoms with Crippen LogP contribution >= 0.6 is 11.8 Å². The lowest BCUT2D eigenvalue weighted by molar-refractivity contribution is 0.318. The largest absolute Gasteiger partial charge is 0.409 e. The first-order valence-electron chi connectivity index (χ1n) is 4.55. The lowest BCUT2D eigenvalue weighted by Crippen LogP contribution is -2.16. The molecule has 2 heterocycles. The molecular weight excluding hydrogens is 242 g/mol. The molecule has 17 heavy (non-hydrogen) atoms. The van der Waals surface area contributed by atoms with Crippen molar-refractivity contribution < 1.29 is 5.21 Å². The summed E-state index contributed by atoms with van der Waals surface area (Å²) in [6, 6.07) is 3.54. The van der Waals surface area contributed by atoms with Gasteiger partial charge in [-0.05, 0) is 34.3 Å². The van der Waals surface area contributed by atoms with Crippen LogP contribution in [0.15, 0.2) is 33.5 Å². The first-order chi connectivity index (χ1) is 8.22. The average Bonchev–Trinajstić information content (AvgIpc) is 2.75. The molecular formula is C8H9N7OS. The van der Waals surface area contributed by atoms with Gasteiger partial charge in [-0.15, -0.1) is 5.10 Å². The van der Waals surface area contributed by atoms with E-state index in [9.17, 15) is 0 Å². The minimum Gasteiger partial charge on any atom is -0.409 e. The SMILES string of the molecule is Cn1nnnc1Sc1cccnc1/C(N)=N/O. The smallest absolute Gasteiger partial charge is 0.213 e.